The summed E-state index contributed by atoms with van der Waals surface area (Å²) in [5.41, 5.74) is 0.475. The van der Waals surface area contributed by atoms with Crippen molar-refractivity contribution in [3.05, 3.63) is 16.1 Å². The summed E-state index contributed by atoms with van der Waals surface area (Å²) in [4.78, 5) is 15.7. The number of nitrogens with zero attached hydrogens (tertiary/aromatic N) is 1. The number of rotatable bonds is 5. The van der Waals surface area contributed by atoms with Gasteiger partial charge in [0.15, 0.2) is 0 Å². The summed E-state index contributed by atoms with van der Waals surface area (Å²) in [6.45, 7) is 7.02. The maximum Gasteiger partial charge on any atom is 0.270 e. The Bertz CT molecular complexity index is 325. The fraction of sp³-hybridized carbons (Fsp3) is 0.600. The summed E-state index contributed by atoms with van der Waals surface area (Å²) in [6.07, 6.45) is -0.0387. The summed E-state index contributed by atoms with van der Waals surface area (Å²) in [5, 5.41) is 5.32. The van der Waals surface area contributed by atoms with Gasteiger partial charge in [0, 0.05) is 18.5 Å². The zero-order valence-electron chi connectivity index (χ0n) is 9.24. The third-order valence-electron chi connectivity index (χ3n) is 1.86. The van der Waals surface area contributed by atoms with Gasteiger partial charge in [0.05, 0.1) is 0 Å². The lowest BCUT2D eigenvalue weighted by Gasteiger charge is -2.06. The Morgan fingerprint density at radius 2 is 2.40 bits per heavy atom. The average molecular weight is 228 g/mol. The maximum absolute atomic E-state index is 11.4. The van der Waals surface area contributed by atoms with E-state index in [1.165, 1.54) is 11.3 Å². The number of amides is 1. The first-order valence-corrected chi connectivity index (χ1v) is 5.92. The van der Waals surface area contributed by atoms with E-state index in [9.17, 15) is 4.79 Å². The van der Waals surface area contributed by atoms with Crippen molar-refractivity contribution < 1.29 is 9.53 Å². The Labute approximate surface area is 93.7 Å². The zero-order chi connectivity index (χ0) is 11.3. The number of aromatic nitrogens is 1. The van der Waals surface area contributed by atoms with Crippen LogP contribution in [0.3, 0.4) is 0 Å². The van der Waals surface area contributed by atoms with Crippen LogP contribution in [0.2, 0.25) is 0 Å². The van der Waals surface area contributed by atoms with Gasteiger partial charge in [0.25, 0.3) is 5.91 Å². The summed E-state index contributed by atoms with van der Waals surface area (Å²) in [5.74, 6) is -0.122. The van der Waals surface area contributed by atoms with E-state index in [0.717, 1.165) is 5.01 Å². The van der Waals surface area contributed by atoms with E-state index < -0.39 is 0 Å². The van der Waals surface area contributed by atoms with Crippen molar-refractivity contribution in [2.24, 2.45) is 0 Å². The lowest BCUT2D eigenvalue weighted by atomic mass is 10.4. The molecule has 0 fully saturated rings. The first-order chi connectivity index (χ1) is 7.19. The molecule has 0 aromatic carbocycles. The third-order valence-corrected chi connectivity index (χ3v) is 2.86. The smallest absolute Gasteiger partial charge is 0.270 e. The van der Waals surface area contributed by atoms with E-state index in [1.54, 1.807) is 5.38 Å². The Morgan fingerprint density at radius 1 is 1.67 bits per heavy atom. The van der Waals surface area contributed by atoms with Crippen LogP contribution in [0.5, 0.6) is 0 Å². The first-order valence-electron chi connectivity index (χ1n) is 5.04. The molecular weight excluding hydrogens is 212 g/mol. The molecule has 1 N–H and O–H groups in total. The van der Waals surface area contributed by atoms with Gasteiger partial charge in [-0.3, -0.25) is 4.79 Å². The predicted molar refractivity (Wildman–Crippen MR) is 60.2 cm³/mol. The maximum atomic E-state index is 11.4. The Hall–Kier alpha value is -0.940. The van der Waals surface area contributed by atoms with Crippen molar-refractivity contribution in [1.29, 1.82) is 0 Å². The van der Waals surface area contributed by atoms with Crippen molar-refractivity contribution in [2.45, 2.75) is 26.9 Å². The lowest BCUT2D eigenvalue weighted by molar-refractivity contribution is 0.0759. The van der Waals surface area contributed by atoms with Gasteiger partial charge in [-0.25, -0.2) is 4.98 Å². The molecule has 1 aromatic heterocycles. The zero-order valence-corrected chi connectivity index (χ0v) is 10.1. The highest BCUT2D eigenvalue weighted by atomic mass is 32.1. The minimum Gasteiger partial charge on any atom is -0.372 e. The van der Waals surface area contributed by atoms with E-state index in [1.807, 2.05) is 20.8 Å². The molecular formula is C10H16N2O2S. The quantitative estimate of drug-likeness (QED) is 0.838. The molecule has 1 atom stereocenters. The molecule has 0 saturated heterocycles. The number of hydrogen-bond acceptors (Lipinski definition) is 4. The third kappa shape index (κ3) is 3.28. The molecule has 0 radical (unpaired) electrons. The van der Waals surface area contributed by atoms with Crippen LogP contribution < -0.4 is 5.32 Å². The molecule has 1 amide bonds. The fourth-order valence-electron chi connectivity index (χ4n) is 1.15. The van der Waals surface area contributed by atoms with Crippen LogP contribution >= 0.6 is 11.3 Å². The molecule has 0 aliphatic heterocycles. The topological polar surface area (TPSA) is 51.2 Å². The molecule has 84 valence electrons. The van der Waals surface area contributed by atoms with Crippen LogP contribution in [-0.2, 0) is 4.74 Å². The van der Waals surface area contributed by atoms with E-state index in [4.69, 9.17) is 4.74 Å². The van der Waals surface area contributed by atoms with Crippen LogP contribution in [0.25, 0.3) is 0 Å². The monoisotopic (exact) mass is 228 g/mol. The molecule has 5 heteroatoms. The molecule has 0 spiro atoms. The van der Waals surface area contributed by atoms with E-state index in [2.05, 4.69) is 10.3 Å². The highest BCUT2D eigenvalue weighted by Crippen LogP contribution is 2.20. The standard InChI is InChI=1S/C10H16N2O2S/c1-4-11-9(13)8-6-15-10(12-8)7(3)14-5-2/h6-7H,4-5H2,1-3H3,(H,11,13)/t7-/m0/s1. The van der Waals surface area contributed by atoms with Gasteiger partial charge in [-0.15, -0.1) is 11.3 Å². The van der Waals surface area contributed by atoms with Gasteiger partial charge in [-0.1, -0.05) is 0 Å². The van der Waals surface area contributed by atoms with Crippen LogP contribution in [0.4, 0.5) is 0 Å². The summed E-state index contributed by atoms with van der Waals surface area (Å²) < 4.78 is 5.40. The van der Waals surface area contributed by atoms with Gasteiger partial charge in [0.1, 0.15) is 16.8 Å². The van der Waals surface area contributed by atoms with Gasteiger partial charge < -0.3 is 10.1 Å². The molecule has 0 unspecified atom stereocenters. The number of carbonyl (C=O) groups is 1. The predicted octanol–water partition coefficient (Wildman–Crippen LogP) is 1.99. The van der Waals surface area contributed by atoms with Crippen molar-refractivity contribution in [2.75, 3.05) is 13.2 Å². The number of thiazole rings is 1. The van der Waals surface area contributed by atoms with Crippen LogP contribution in [-0.4, -0.2) is 24.0 Å². The molecule has 0 saturated carbocycles. The van der Waals surface area contributed by atoms with Crippen LogP contribution in [0.15, 0.2) is 5.38 Å². The molecule has 0 aliphatic carbocycles. The van der Waals surface area contributed by atoms with Gasteiger partial charge in [-0.2, -0.15) is 0 Å². The molecule has 15 heavy (non-hydrogen) atoms. The molecule has 0 bridgehead atoms. The van der Waals surface area contributed by atoms with Crippen molar-refractivity contribution in [1.82, 2.24) is 10.3 Å². The fourth-order valence-corrected chi connectivity index (χ4v) is 1.95. The molecule has 1 aromatic rings. The SMILES string of the molecule is CCNC(=O)c1csc([C@H](C)OCC)n1. The minimum atomic E-state index is -0.122. The second-order valence-corrected chi connectivity index (χ2v) is 3.92. The van der Waals surface area contributed by atoms with Crippen LogP contribution in [0, 0.1) is 0 Å². The normalized spacial score (nSPS) is 12.5. The van der Waals surface area contributed by atoms with E-state index in [0.29, 0.717) is 18.8 Å². The minimum absolute atomic E-state index is 0.0387. The summed E-state index contributed by atoms with van der Waals surface area (Å²) >= 11 is 1.45. The Balaban J connectivity index is 2.67. The van der Waals surface area contributed by atoms with Crippen molar-refractivity contribution in [3.63, 3.8) is 0 Å². The van der Waals surface area contributed by atoms with E-state index >= 15 is 0 Å². The van der Waals surface area contributed by atoms with Gasteiger partial charge in [0.2, 0.25) is 0 Å². The van der Waals surface area contributed by atoms with Crippen LogP contribution in [0.1, 0.15) is 42.4 Å². The van der Waals surface area contributed by atoms with E-state index in [-0.39, 0.29) is 12.0 Å². The average Bonchev–Trinajstić information content (AvgIpc) is 2.67. The highest BCUT2D eigenvalue weighted by molar-refractivity contribution is 7.09. The second kappa shape index (κ2) is 5.82. The number of ether oxygens (including phenoxy) is 1. The summed E-state index contributed by atoms with van der Waals surface area (Å²) in [6, 6.07) is 0. The number of carbonyl (C=O) groups excluding carboxylic acids is 1. The number of nitrogens with one attached hydrogen (secondary N) is 1. The first kappa shape index (κ1) is 12.1. The second-order valence-electron chi connectivity index (χ2n) is 3.03. The summed E-state index contributed by atoms with van der Waals surface area (Å²) in [7, 11) is 0. The Morgan fingerprint density at radius 3 is 3.00 bits per heavy atom. The molecule has 1 rings (SSSR count). The van der Waals surface area contributed by atoms with Gasteiger partial charge in [-0.05, 0) is 20.8 Å². The lowest BCUT2D eigenvalue weighted by Crippen LogP contribution is -2.23. The van der Waals surface area contributed by atoms with Gasteiger partial charge >= 0.3 is 0 Å². The van der Waals surface area contributed by atoms with Crippen molar-refractivity contribution in [3.8, 4) is 0 Å². The molecule has 0 aliphatic rings. The van der Waals surface area contributed by atoms with Crippen molar-refractivity contribution >= 4 is 17.2 Å². The largest absolute Gasteiger partial charge is 0.372 e. The molecule has 1 heterocycles. The Kier molecular flexibility index (Phi) is 4.71. The number of hydrogen-bond donors (Lipinski definition) is 1. The molecule has 4 nitrogen and oxygen atoms in total. The highest BCUT2D eigenvalue weighted by Gasteiger charge is 2.13.